The quantitative estimate of drug-likeness (QED) is 0.307. The van der Waals surface area contributed by atoms with E-state index in [1.54, 1.807) is 6.26 Å². The average Bonchev–Trinajstić information content (AvgIpc) is 2.81. The molecule has 3 rings (SSSR count). The third-order valence-electron chi connectivity index (χ3n) is 5.15. The molecule has 2 bridgehead atoms. The molecule has 0 aliphatic carbocycles. The minimum Gasteiger partial charge on any atom is -0.467 e. The largest absolute Gasteiger partial charge is 0.467 e. The number of amides is 2. The van der Waals surface area contributed by atoms with Crippen LogP contribution in [0.4, 0.5) is 0 Å². The van der Waals surface area contributed by atoms with Crippen molar-refractivity contribution in [2.24, 2.45) is 11.7 Å². The number of rotatable bonds is 6. The highest BCUT2D eigenvalue weighted by Crippen LogP contribution is 2.19. The van der Waals surface area contributed by atoms with Gasteiger partial charge in [-0.05, 0) is 42.5 Å². The van der Waals surface area contributed by atoms with Gasteiger partial charge in [0, 0.05) is 17.3 Å². The average molecular weight is 491 g/mol. The Labute approximate surface area is 205 Å². The number of hydrogen-bond acceptors (Lipinski definition) is 8. The lowest BCUT2D eigenvalue weighted by Gasteiger charge is -2.25. The van der Waals surface area contributed by atoms with Gasteiger partial charge in [0.1, 0.15) is 17.8 Å². The van der Waals surface area contributed by atoms with E-state index in [4.69, 9.17) is 19.9 Å². The second kappa shape index (κ2) is 14.7. The maximum Gasteiger partial charge on any atom is 0.329 e. The molecule has 3 atom stereocenters. The summed E-state index contributed by atoms with van der Waals surface area (Å²) in [6, 6.07) is 5.80. The molecule has 0 aromatic heterocycles. The smallest absolute Gasteiger partial charge is 0.329 e. The van der Waals surface area contributed by atoms with Crippen LogP contribution in [0.1, 0.15) is 25.8 Å². The van der Waals surface area contributed by atoms with Crippen LogP contribution in [0.15, 0.2) is 36.6 Å². The van der Waals surface area contributed by atoms with Crippen molar-refractivity contribution in [1.29, 1.82) is 0 Å². The number of nitrogens with two attached hydrogens (primary N) is 1. The van der Waals surface area contributed by atoms with E-state index >= 15 is 0 Å². The number of esters is 1. The van der Waals surface area contributed by atoms with Crippen LogP contribution in [-0.4, -0.2) is 62.7 Å². The maximum absolute atomic E-state index is 13.2. The number of fused-ring (bicyclic) bond motifs is 14. The molecule has 34 heavy (non-hydrogen) atoms. The van der Waals surface area contributed by atoms with Gasteiger partial charge >= 0.3 is 5.97 Å². The first-order valence-electron chi connectivity index (χ1n) is 11.3. The molecule has 2 heterocycles. The molecule has 9 nitrogen and oxygen atoms in total. The second-order valence-corrected chi connectivity index (χ2v) is 9.46. The monoisotopic (exact) mass is 491 g/mol. The first-order chi connectivity index (χ1) is 16.3. The van der Waals surface area contributed by atoms with E-state index in [0.29, 0.717) is 30.1 Å². The van der Waals surface area contributed by atoms with Crippen LogP contribution in [0.5, 0.6) is 5.75 Å². The number of benzene rings is 1. The molecule has 0 unspecified atom stereocenters. The molecular formula is C23H34BN3O6S. The summed E-state index contributed by atoms with van der Waals surface area (Å²) in [6.45, 7) is 3.91. The number of nitrogens with one attached hydrogen (secondary N) is 2. The fourth-order valence-corrected chi connectivity index (χ4v) is 4.23. The number of methoxy groups -OCH3 is 1. The lowest BCUT2D eigenvalue weighted by Crippen LogP contribution is -2.53. The third kappa shape index (κ3) is 9.40. The van der Waals surface area contributed by atoms with Crippen molar-refractivity contribution < 1.29 is 28.5 Å². The Balaban J connectivity index is 2.32. The highest BCUT2D eigenvalue weighted by molar-refractivity contribution is 7.99. The Morgan fingerprint density at radius 3 is 2.62 bits per heavy atom. The highest BCUT2D eigenvalue weighted by Gasteiger charge is 2.30. The fourth-order valence-electron chi connectivity index (χ4n) is 3.42. The van der Waals surface area contributed by atoms with Gasteiger partial charge in [-0.1, -0.05) is 26.0 Å². The van der Waals surface area contributed by atoms with Crippen molar-refractivity contribution >= 4 is 37.0 Å². The number of carbonyl (C=O) groups excluding carboxylic acids is 3. The molecule has 0 radical (unpaired) electrons. The zero-order valence-electron chi connectivity index (χ0n) is 20.0. The lowest BCUT2D eigenvalue weighted by molar-refractivity contribution is -0.144. The van der Waals surface area contributed by atoms with Crippen LogP contribution in [-0.2, 0) is 30.2 Å². The van der Waals surface area contributed by atoms with Gasteiger partial charge in [-0.15, -0.1) is 0 Å². The number of thioether (sulfide) groups is 1. The van der Waals surface area contributed by atoms with Gasteiger partial charge in [-0.3, -0.25) is 9.59 Å². The van der Waals surface area contributed by atoms with E-state index in [1.807, 2.05) is 44.2 Å². The van der Waals surface area contributed by atoms with Crippen LogP contribution in [0.25, 0.3) is 0 Å². The van der Waals surface area contributed by atoms with Crippen LogP contribution in [0, 0.1) is 5.92 Å². The summed E-state index contributed by atoms with van der Waals surface area (Å²) in [4.78, 5) is 38.6. The normalized spacial score (nSPS) is 23.1. The summed E-state index contributed by atoms with van der Waals surface area (Å²) in [5.74, 6) is -0.146. The molecule has 1 aromatic rings. The van der Waals surface area contributed by atoms with Crippen molar-refractivity contribution in [3.8, 4) is 5.75 Å². The van der Waals surface area contributed by atoms with E-state index in [9.17, 15) is 14.4 Å². The third-order valence-corrected chi connectivity index (χ3v) is 6.15. The molecule has 0 saturated carbocycles. The first-order valence-corrected chi connectivity index (χ1v) is 12.4. The van der Waals surface area contributed by atoms with Gasteiger partial charge in [0.05, 0.1) is 20.1 Å². The van der Waals surface area contributed by atoms with Crippen LogP contribution >= 0.6 is 11.8 Å². The molecule has 4 N–H and O–H groups in total. The predicted octanol–water partition coefficient (Wildman–Crippen LogP) is 1.13. The summed E-state index contributed by atoms with van der Waals surface area (Å²) in [7, 11) is 1.39. The van der Waals surface area contributed by atoms with Crippen LogP contribution in [0.2, 0.25) is 5.82 Å². The second-order valence-electron chi connectivity index (χ2n) is 8.38. The molecule has 1 aromatic carbocycles. The summed E-state index contributed by atoms with van der Waals surface area (Å²) < 4.78 is 15.8. The zero-order chi connectivity index (χ0) is 24.9. The van der Waals surface area contributed by atoms with Gasteiger partial charge in [0.25, 0.3) is 7.48 Å². The van der Waals surface area contributed by atoms with E-state index in [0.717, 1.165) is 5.56 Å². The van der Waals surface area contributed by atoms with Gasteiger partial charge in [0.15, 0.2) is 0 Å². The predicted molar refractivity (Wildman–Crippen MR) is 134 cm³/mol. The minimum absolute atomic E-state index is 0.0166. The Kier molecular flexibility index (Phi) is 12.0. The van der Waals surface area contributed by atoms with Gasteiger partial charge < -0.3 is 30.5 Å². The topological polar surface area (TPSA) is 129 Å². The lowest BCUT2D eigenvalue weighted by atomic mass is 9.75. The number of carbonyl (C=O) groups is 3. The fraction of sp³-hybridized carbons (Fsp3) is 0.522. The molecule has 186 valence electrons. The van der Waals surface area contributed by atoms with E-state index in [1.165, 1.54) is 18.9 Å². The van der Waals surface area contributed by atoms with E-state index < -0.39 is 29.8 Å². The Morgan fingerprint density at radius 1 is 1.24 bits per heavy atom. The first kappa shape index (κ1) is 27.7. The van der Waals surface area contributed by atoms with Crippen LogP contribution < -0.4 is 21.1 Å². The molecule has 11 heteroatoms. The molecule has 0 spiro atoms. The molecule has 0 saturated heterocycles. The summed E-state index contributed by atoms with van der Waals surface area (Å²) in [5, 5.41) is 5.61. The molecular weight excluding hydrogens is 457 g/mol. The molecule has 0 fully saturated rings. The molecule has 2 aliphatic rings. The van der Waals surface area contributed by atoms with E-state index in [-0.39, 0.29) is 26.0 Å². The summed E-state index contributed by atoms with van der Waals surface area (Å²) in [6.07, 6.45) is 4.23. The van der Waals surface area contributed by atoms with Crippen molar-refractivity contribution in [1.82, 2.24) is 10.6 Å². The van der Waals surface area contributed by atoms with E-state index in [2.05, 4.69) is 10.6 Å². The Hall–Kier alpha value is -2.50. The van der Waals surface area contributed by atoms with Crippen LogP contribution in [0.3, 0.4) is 0 Å². The zero-order valence-corrected chi connectivity index (χ0v) is 20.8. The summed E-state index contributed by atoms with van der Waals surface area (Å²) in [5.41, 5.74) is 6.40. The summed E-state index contributed by atoms with van der Waals surface area (Å²) >= 11 is 1.45. The molecule has 2 aliphatic heterocycles. The molecule has 2 amide bonds. The number of hydrogen-bond donors (Lipinski definition) is 3. The van der Waals surface area contributed by atoms with Gasteiger partial charge in [-0.2, -0.15) is 11.8 Å². The van der Waals surface area contributed by atoms with Crippen molar-refractivity contribution in [2.45, 2.75) is 44.6 Å². The van der Waals surface area contributed by atoms with Gasteiger partial charge in [-0.25, -0.2) is 4.79 Å². The Morgan fingerprint density at radius 2 is 1.97 bits per heavy atom. The standard InChI is InChI=1S/C23H34BN3O6S/c1-15(2)11-19-22(29)27-20(23(30)31-3)13-34-10-4-9-32-17-7-5-16(6-8-17)12-18(21(28)26-19)24-33-14-25/h4-9,15,18-20,24H,10-14,25H2,1-3H3,(H,26,28)(H,27,29)/b9-4-/t18-,19-,20-/m0/s1. The Bertz CT molecular complexity index is 836. The van der Waals surface area contributed by atoms with Crippen molar-refractivity contribution in [3.05, 3.63) is 42.2 Å². The maximum atomic E-state index is 13.2. The SMILES string of the molecule is COC(=O)[C@@H]1CSC/C=C\Oc2ccc(cc2)C[C@H](BOCN)C(=O)N[C@@H](CC(C)C)C(=O)N1. The van der Waals surface area contributed by atoms with Gasteiger partial charge in [0.2, 0.25) is 11.8 Å². The highest BCUT2D eigenvalue weighted by atomic mass is 32.2. The minimum atomic E-state index is -0.842. The number of ether oxygens (including phenoxy) is 2. The van der Waals surface area contributed by atoms with Crippen molar-refractivity contribution in [2.75, 3.05) is 25.3 Å². The van der Waals surface area contributed by atoms with Crippen molar-refractivity contribution in [3.63, 3.8) is 0 Å².